The summed E-state index contributed by atoms with van der Waals surface area (Å²) in [5.41, 5.74) is 0.842. The van der Waals surface area contributed by atoms with E-state index in [9.17, 15) is 4.79 Å². The summed E-state index contributed by atoms with van der Waals surface area (Å²) in [7, 11) is 0. The Hall–Kier alpha value is -1.42. The summed E-state index contributed by atoms with van der Waals surface area (Å²) in [6.45, 7) is 2.77. The van der Waals surface area contributed by atoms with Crippen molar-refractivity contribution in [1.82, 2.24) is 10.3 Å². The molecule has 1 spiro atoms. The van der Waals surface area contributed by atoms with E-state index in [4.69, 9.17) is 0 Å². The first-order valence-corrected chi connectivity index (χ1v) is 6.25. The molecule has 0 atom stereocenters. The number of piperidine rings is 1. The second-order valence-electron chi connectivity index (χ2n) is 4.95. The van der Waals surface area contributed by atoms with Gasteiger partial charge in [0.2, 0.25) is 5.91 Å². The zero-order chi connectivity index (χ0) is 11.7. The van der Waals surface area contributed by atoms with E-state index in [0.29, 0.717) is 5.91 Å². The van der Waals surface area contributed by atoms with Crippen LogP contribution in [0.2, 0.25) is 0 Å². The molecule has 0 aliphatic carbocycles. The first-order valence-electron chi connectivity index (χ1n) is 6.25. The molecule has 0 saturated carbocycles. The third kappa shape index (κ3) is 1.72. The van der Waals surface area contributed by atoms with Gasteiger partial charge in [0.15, 0.2) is 0 Å². The van der Waals surface area contributed by atoms with Gasteiger partial charge >= 0.3 is 0 Å². The van der Waals surface area contributed by atoms with Crippen LogP contribution in [0.5, 0.6) is 0 Å². The number of carbonyl (C=O) groups excluding carboxylic acids is 1. The molecule has 3 heterocycles. The lowest BCUT2D eigenvalue weighted by Crippen LogP contribution is -2.42. The molecule has 4 heteroatoms. The maximum Gasteiger partial charge on any atom is 0.233 e. The fourth-order valence-corrected chi connectivity index (χ4v) is 2.95. The summed E-state index contributed by atoms with van der Waals surface area (Å²) in [5, 5.41) is 3.33. The van der Waals surface area contributed by atoms with Gasteiger partial charge in [0.05, 0.1) is 17.3 Å². The largest absolute Gasteiger partial charge is 0.317 e. The SMILES string of the molecule is O=C1N(c2cccnc2)CCC12CCNCC2. The van der Waals surface area contributed by atoms with E-state index in [1.165, 1.54) is 0 Å². The molecule has 0 bridgehead atoms. The third-order valence-electron chi connectivity index (χ3n) is 4.03. The number of anilines is 1. The Kier molecular flexibility index (Phi) is 2.59. The zero-order valence-electron chi connectivity index (χ0n) is 9.85. The molecule has 1 amide bonds. The smallest absolute Gasteiger partial charge is 0.233 e. The second-order valence-corrected chi connectivity index (χ2v) is 4.95. The number of nitrogens with one attached hydrogen (secondary N) is 1. The average molecular weight is 231 g/mol. The maximum absolute atomic E-state index is 12.6. The van der Waals surface area contributed by atoms with Gasteiger partial charge in [-0.15, -0.1) is 0 Å². The van der Waals surface area contributed by atoms with E-state index >= 15 is 0 Å². The Labute approximate surface area is 101 Å². The number of nitrogens with zero attached hydrogens (tertiary/aromatic N) is 2. The number of rotatable bonds is 1. The Bertz CT molecular complexity index is 412. The van der Waals surface area contributed by atoms with Crippen molar-refractivity contribution in [3.63, 3.8) is 0 Å². The van der Waals surface area contributed by atoms with Crippen LogP contribution < -0.4 is 10.2 Å². The van der Waals surface area contributed by atoms with Crippen LogP contribution in [-0.2, 0) is 4.79 Å². The summed E-state index contributed by atoms with van der Waals surface area (Å²) in [6.07, 6.45) is 6.45. The number of hydrogen-bond acceptors (Lipinski definition) is 3. The zero-order valence-corrected chi connectivity index (χ0v) is 9.85. The van der Waals surface area contributed by atoms with Gasteiger partial charge in [-0.1, -0.05) is 0 Å². The summed E-state index contributed by atoms with van der Waals surface area (Å²) >= 11 is 0. The first-order chi connectivity index (χ1) is 8.32. The molecule has 4 nitrogen and oxygen atoms in total. The molecule has 2 aliphatic heterocycles. The fraction of sp³-hybridized carbons (Fsp3) is 0.538. The van der Waals surface area contributed by atoms with Crippen LogP contribution in [0.25, 0.3) is 0 Å². The van der Waals surface area contributed by atoms with Crippen molar-refractivity contribution in [3.05, 3.63) is 24.5 Å². The number of hydrogen-bond donors (Lipinski definition) is 1. The van der Waals surface area contributed by atoms with Crippen LogP contribution in [0.1, 0.15) is 19.3 Å². The Morgan fingerprint density at radius 3 is 2.82 bits per heavy atom. The molecule has 2 aliphatic rings. The normalized spacial score (nSPS) is 23.3. The molecule has 0 unspecified atom stereocenters. The van der Waals surface area contributed by atoms with Gasteiger partial charge in [-0.05, 0) is 44.5 Å². The average Bonchev–Trinajstić information content (AvgIpc) is 2.70. The van der Waals surface area contributed by atoms with Crippen molar-refractivity contribution in [2.75, 3.05) is 24.5 Å². The number of carbonyl (C=O) groups is 1. The highest BCUT2D eigenvalue weighted by Gasteiger charge is 2.47. The summed E-state index contributed by atoms with van der Waals surface area (Å²) in [6, 6.07) is 3.85. The fourth-order valence-electron chi connectivity index (χ4n) is 2.95. The third-order valence-corrected chi connectivity index (χ3v) is 4.03. The van der Waals surface area contributed by atoms with Gasteiger partial charge in [0.25, 0.3) is 0 Å². The van der Waals surface area contributed by atoms with Gasteiger partial charge in [-0.3, -0.25) is 9.78 Å². The summed E-state index contributed by atoms with van der Waals surface area (Å²) in [5.74, 6) is 0.298. The molecule has 90 valence electrons. The van der Waals surface area contributed by atoms with E-state index in [1.54, 1.807) is 12.4 Å². The predicted octanol–water partition coefficient (Wildman–Crippen LogP) is 1.19. The quantitative estimate of drug-likeness (QED) is 0.789. The van der Waals surface area contributed by atoms with Crippen molar-refractivity contribution >= 4 is 11.6 Å². The molecule has 2 fully saturated rings. The van der Waals surface area contributed by atoms with Crippen molar-refractivity contribution in [3.8, 4) is 0 Å². The summed E-state index contributed by atoms with van der Waals surface area (Å²) in [4.78, 5) is 18.5. The Morgan fingerprint density at radius 1 is 1.29 bits per heavy atom. The van der Waals surface area contributed by atoms with Crippen LogP contribution in [0.3, 0.4) is 0 Å². The van der Waals surface area contributed by atoms with Crippen LogP contribution in [0, 0.1) is 5.41 Å². The number of pyridine rings is 1. The second kappa shape index (κ2) is 4.11. The highest BCUT2D eigenvalue weighted by atomic mass is 16.2. The number of aromatic nitrogens is 1. The lowest BCUT2D eigenvalue weighted by atomic mass is 9.78. The van der Waals surface area contributed by atoms with E-state index in [1.807, 2.05) is 17.0 Å². The monoisotopic (exact) mass is 231 g/mol. The summed E-state index contributed by atoms with van der Waals surface area (Å²) < 4.78 is 0. The lowest BCUT2D eigenvalue weighted by Gasteiger charge is -2.32. The molecule has 0 aromatic carbocycles. The van der Waals surface area contributed by atoms with Crippen LogP contribution in [0.15, 0.2) is 24.5 Å². The molecule has 2 saturated heterocycles. The van der Waals surface area contributed by atoms with Crippen molar-refractivity contribution in [1.29, 1.82) is 0 Å². The van der Waals surface area contributed by atoms with Gasteiger partial charge in [-0.2, -0.15) is 0 Å². The van der Waals surface area contributed by atoms with Gasteiger partial charge < -0.3 is 10.2 Å². The van der Waals surface area contributed by atoms with Gasteiger partial charge in [0.1, 0.15) is 0 Å². The van der Waals surface area contributed by atoms with E-state index in [0.717, 1.165) is 44.6 Å². The van der Waals surface area contributed by atoms with E-state index in [2.05, 4.69) is 10.3 Å². The van der Waals surface area contributed by atoms with Crippen molar-refractivity contribution in [2.45, 2.75) is 19.3 Å². The maximum atomic E-state index is 12.6. The molecule has 3 rings (SSSR count). The van der Waals surface area contributed by atoms with Gasteiger partial charge in [0, 0.05) is 12.7 Å². The number of amides is 1. The minimum absolute atomic E-state index is 0.0961. The van der Waals surface area contributed by atoms with Crippen molar-refractivity contribution in [2.24, 2.45) is 5.41 Å². The lowest BCUT2D eigenvalue weighted by molar-refractivity contribution is -0.126. The minimum Gasteiger partial charge on any atom is -0.317 e. The molecule has 0 radical (unpaired) electrons. The minimum atomic E-state index is -0.0961. The van der Waals surface area contributed by atoms with Gasteiger partial charge in [-0.25, -0.2) is 0 Å². The van der Waals surface area contributed by atoms with E-state index < -0.39 is 0 Å². The molecule has 1 N–H and O–H groups in total. The molecule has 1 aromatic rings. The highest BCUT2D eigenvalue weighted by molar-refractivity contribution is 5.99. The Morgan fingerprint density at radius 2 is 2.12 bits per heavy atom. The standard InChI is InChI=1S/C13H17N3O/c17-12-13(3-7-14-8-4-13)5-9-16(12)11-2-1-6-15-10-11/h1-2,6,10,14H,3-5,7-9H2. The molecule has 17 heavy (non-hydrogen) atoms. The molecule has 1 aromatic heterocycles. The van der Waals surface area contributed by atoms with E-state index in [-0.39, 0.29) is 5.41 Å². The topological polar surface area (TPSA) is 45.2 Å². The predicted molar refractivity (Wildman–Crippen MR) is 65.7 cm³/mol. The Balaban J connectivity index is 1.85. The highest BCUT2D eigenvalue weighted by Crippen LogP contribution is 2.41. The molecular weight excluding hydrogens is 214 g/mol. The molecular formula is C13H17N3O. The van der Waals surface area contributed by atoms with Crippen LogP contribution in [0.4, 0.5) is 5.69 Å². The van der Waals surface area contributed by atoms with Crippen LogP contribution >= 0.6 is 0 Å². The van der Waals surface area contributed by atoms with Crippen LogP contribution in [-0.4, -0.2) is 30.5 Å². The first kappa shape index (κ1) is 10.7. The van der Waals surface area contributed by atoms with Crippen molar-refractivity contribution < 1.29 is 4.79 Å².